The molecule has 9 rings (SSSR count). The van der Waals surface area contributed by atoms with Gasteiger partial charge >= 0.3 is 5.97 Å². The van der Waals surface area contributed by atoms with Crippen LogP contribution >= 0.6 is 21.6 Å². The summed E-state index contributed by atoms with van der Waals surface area (Å²) < 4.78 is 25.6. The van der Waals surface area contributed by atoms with Crippen LogP contribution in [0.2, 0.25) is 0 Å². The fourth-order valence-electron chi connectivity index (χ4n) is 9.30. The Bertz CT molecular complexity index is 2580. The highest BCUT2D eigenvalue weighted by Crippen LogP contribution is 2.51. The van der Waals surface area contributed by atoms with E-state index in [1.165, 1.54) is 16.5 Å². The molecule has 1 saturated heterocycles. The molecule has 17 heteroatoms. The van der Waals surface area contributed by atoms with E-state index in [1.807, 2.05) is 31.3 Å². The molecule has 5 aliphatic rings. The van der Waals surface area contributed by atoms with Gasteiger partial charge in [-0.25, -0.2) is 14.8 Å². The van der Waals surface area contributed by atoms with E-state index in [-0.39, 0.29) is 35.2 Å². The minimum absolute atomic E-state index is 0.0412. The molecule has 4 aromatic rings. The second kappa shape index (κ2) is 16.4. The first kappa shape index (κ1) is 41.4. The zero-order valence-corrected chi connectivity index (χ0v) is 35.9. The number of carbonyl (C=O) groups excluding carboxylic acids is 1. The number of rotatable bonds is 7. The molecule has 8 N–H and O–H groups in total. The number of phenols is 1. The highest BCUT2D eigenvalue weighted by atomic mass is 33.1. The van der Waals surface area contributed by atoms with Crippen molar-refractivity contribution in [2.75, 3.05) is 44.0 Å². The third-order valence-electron chi connectivity index (χ3n) is 12.5. The third-order valence-corrected chi connectivity index (χ3v) is 14.8. The Kier molecular flexibility index (Phi) is 11.2. The zero-order valence-electron chi connectivity index (χ0n) is 34.3. The Balaban J connectivity index is 1.08. The molecule has 0 amide bonds. The summed E-state index contributed by atoms with van der Waals surface area (Å²) in [5.74, 6) is 1.42. The number of nitrogen functional groups attached to an aromatic ring is 2. The van der Waals surface area contributed by atoms with Crippen LogP contribution in [0.5, 0.6) is 11.5 Å². The van der Waals surface area contributed by atoms with Gasteiger partial charge in [0.05, 0.1) is 17.5 Å². The Morgan fingerprint density at radius 3 is 2.75 bits per heavy atom. The highest BCUT2D eigenvalue weighted by molar-refractivity contribution is 8.76. The SMILES string of the molecule is CNC[C@@H](CCO)[C@@]12O[C@@H]1CCc1cc(N)nc(c1)-c1cc(C[NH+]3C=C4N=CC=C4C3)nc(N)c1CSSCC[C@]1(C)Oc3cc4oc(C)cc(=O)c4c(O)c3C[C@H]1OC2=O. The third kappa shape index (κ3) is 7.80. The van der Waals surface area contributed by atoms with Gasteiger partial charge < -0.3 is 45.6 Å². The Morgan fingerprint density at radius 2 is 1.95 bits per heavy atom. The lowest BCUT2D eigenvalue weighted by atomic mass is 9.83. The molecule has 8 heterocycles. The number of esters is 1. The number of benzene rings is 1. The number of ether oxygens (including phenoxy) is 3. The van der Waals surface area contributed by atoms with Gasteiger partial charge in [0.1, 0.15) is 76.6 Å². The van der Waals surface area contributed by atoms with Gasteiger partial charge in [-0.15, -0.1) is 0 Å². The summed E-state index contributed by atoms with van der Waals surface area (Å²) >= 11 is 0. The van der Waals surface area contributed by atoms with Gasteiger partial charge in [0.25, 0.3) is 0 Å². The van der Waals surface area contributed by atoms with E-state index in [4.69, 9.17) is 40.1 Å². The molecule has 2 bridgehead atoms. The predicted molar refractivity (Wildman–Crippen MR) is 235 cm³/mol. The molecule has 15 nitrogen and oxygen atoms in total. The number of hydrogen-bond acceptors (Lipinski definition) is 16. The number of phenolic OH excluding ortho intramolecular Hbond substituents is 1. The minimum Gasteiger partial charge on any atom is -0.507 e. The van der Waals surface area contributed by atoms with Gasteiger partial charge in [-0.05, 0) is 70.0 Å². The zero-order chi connectivity index (χ0) is 42.6. The second-order valence-electron chi connectivity index (χ2n) is 16.7. The number of aliphatic hydroxyl groups is 1. The van der Waals surface area contributed by atoms with Crippen LogP contribution in [0.15, 0.2) is 68.1 Å². The lowest BCUT2D eigenvalue weighted by molar-refractivity contribution is -0.852. The monoisotopic (exact) mass is 868 g/mol. The first-order valence-corrected chi connectivity index (χ1v) is 23.1. The largest absolute Gasteiger partial charge is 0.507 e. The van der Waals surface area contributed by atoms with Crippen molar-refractivity contribution in [2.24, 2.45) is 10.9 Å². The number of anilines is 2. The van der Waals surface area contributed by atoms with Crippen molar-refractivity contribution in [3.63, 3.8) is 0 Å². The normalized spacial score (nSPS) is 26.3. The topological polar surface area (TPSA) is 225 Å². The van der Waals surface area contributed by atoms with Gasteiger partial charge in [-0.1, -0.05) is 21.6 Å². The van der Waals surface area contributed by atoms with Crippen molar-refractivity contribution in [3.05, 3.63) is 92.2 Å². The van der Waals surface area contributed by atoms with Gasteiger partial charge in [0.15, 0.2) is 11.0 Å². The number of allylic oxidation sites excluding steroid dienone is 1. The number of hydrogen-bond donors (Lipinski definition) is 6. The number of aromatic hydroxyl groups is 1. The number of quaternary nitrogens is 1. The van der Waals surface area contributed by atoms with Crippen LogP contribution in [0, 0.1) is 12.8 Å². The molecule has 0 aliphatic carbocycles. The number of pyridine rings is 2. The van der Waals surface area contributed by atoms with E-state index in [0.717, 1.165) is 34.6 Å². The smallest absolute Gasteiger partial charge is 0.341 e. The number of aryl methyl sites for hydroxylation is 2. The molecule has 1 aromatic carbocycles. The van der Waals surface area contributed by atoms with E-state index in [2.05, 4.69) is 22.6 Å². The summed E-state index contributed by atoms with van der Waals surface area (Å²) in [5, 5.41) is 24.9. The summed E-state index contributed by atoms with van der Waals surface area (Å²) in [6, 6.07) is 8.90. The molecule has 0 radical (unpaired) electrons. The summed E-state index contributed by atoms with van der Waals surface area (Å²) in [5.41, 5.74) is 17.4. The fourth-order valence-corrected chi connectivity index (χ4v) is 11.6. The Hall–Kier alpha value is -4.91. The van der Waals surface area contributed by atoms with Crippen molar-refractivity contribution in [1.29, 1.82) is 0 Å². The molecule has 61 heavy (non-hydrogen) atoms. The van der Waals surface area contributed by atoms with Crippen molar-refractivity contribution < 1.29 is 38.5 Å². The quantitative estimate of drug-likeness (QED) is 0.0888. The molecular formula is C44H50N7O8S2+. The van der Waals surface area contributed by atoms with Crippen LogP contribution < -0.4 is 31.8 Å². The Labute approximate surface area is 360 Å². The predicted octanol–water partition coefficient (Wildman–Crippen LogP) is 3.56. The number of epoxide rings is 1. The maximum atomic E-state index is 14.8. The number of aliphatic imine (C=N–C) groups is 1. The Morgan fingerprint density at radius 1 is 1.10 bits per heavy atom. The summed E-state index contributed by atoms with van der Waals surface area (Å²) in [7, 11) is 5.04. The number of nitrogens with two attached hydrogens (primary N) is 2. The van der Waals surface area contributed by atoms with Crippen molar-refractivity contribution >= 4 is 56.4 Å². The summed E-state index contributed by atoms with van der Waals surface area (Å²) in [6.45, 7) is 5.25. The van der Waals surface area contributed by atoms with Crippen LogP contribution in [0.4, 0.5) is 11.6 Å². The molecule has 0 saturated carbocycles. The molecule has 5 aliphatic heterocycles. The number of aromatic nitrogens is 2. The number of carbonyl (C=O) groups is 1. The van der Waals surface area contributed by atoms with Gasteiger partial charge in [0.2, 0.25) is 0 Å². The molecule has 1 fully saturated rings. The minimum atomic E-state index is -1.36. The number of nitrogens with zero attached hydrogens (tertiary/aromatic N) is 3. The van der Waals surface area contributed by atoms with Gasteiger partial charge in [-0.2, -0.15) is 0 Å². The van der Waals surface area contributed by atoms with Crippen LogP contribution in [-0.4, -0.2) is 88.3 Å². The van der Waals surface area contributed by atoms with Gasteiger partial charge in [-0.3, -0.25) is 14.7 Å². The van der Waals surface area contributed by atoms with E-state index >= 15 is 0 Å². The molecule has 1 unspecified atom stereocenters. The molecule has 0 spiro atoms. The number of nitrogens with one attached hydrogen (secondary N) is 2. The number of fused-ring (bicyclic) bond motifs is 9. The van der Waals surface area contributed by atoms with E-state index in [0.29, 0.717) is 84.7 Å². The summed E-state index contributed by atoms with van der Waals surface area (Å²) in [4.78, 5) is 43.2. The lowest BCUT2D eigenvalue weighted by Gasteiger charge is -2.42. The molecule has 6 atom stereocenters. The maximum absolute atomic E-state index is 14.8. The van der Waals surface area contributed by atoms with Crippen molar-refractivity contribution in [3.8, 4) is 22.8 Å². The second-order valence-corrected chi connectivity index (χ2v) is 19.3. The standard InChI is InChI=1S/C44H49N7O8S2/c1-23-12-33(53)39-35(56-23)17-34-29(40(39)54)16-37-43(2,58-34)8-11-60-61-22-30-28(15-27(49-41(30)46)20-51-19-25-6-9-48-32(25)21-51)31-13-24(14-38(45)50-31)4-5-36-44(59-36,42(55)57-37)26(7-10-52)18-47-3/h6,9,12-15,17,21,26,36-37,47,52,54H,4-5,7-8,10-11,16,18-20,22H2,1-3H3,(H2,45,50)(H2,46,49)/p+1/t26-,36-,37-,43+,44-/m1/s1. The molecule has 3 aromatic heterocycles. The first-order valence-electron chi connectivity index (χ1n) is 20.6. The molecule has 320 valence electrons. The van der Waals surface area contributed by atoms with Gasteiger partial charge in [0, 0.05) is 84.0 Å². The highest BCUT2D eigenvalue weighted by Gasteiger charge is 2.68. The van der Waals surface area contributed by atoms with Crippen LogP contribution in [-0.2, 0) is 39.4 Å². The average Bonchev–Trinajstić information content (AvgIpc) is 3.58. The fraction of sp³-hybridized carbons (Fsp3) is 0.432. The lowest BCUT2D eigenvalue weighted by Crippen LogP contribution is -3.04. The van der Waals surface area contributed by atoms with Crippen molar-refractivity contribution in [1.82, 2.24) is 15.3 Å². The summed E-state index contributed by atoms with van der Waals surface area (Å²) in [6.07, 6.45) is 6.40. The van der Waals surface area contributed by atoms with Crippen molar-refractivity contribution in [2.45, 2.75) is 81.7 Å². The van der Waals surface area contributed by atoms with Crippen LogP contribution in [0.3, 0.4) is 0 Å². The average molecular weight is 869 g/mol. The van der Waals surface area contributed by atoms with E-state index in [9.17, 15) is 19.8 Å². The van der Waals surface area contributed by atoms with Crippen LogP contribution in [0.25, 0.3) is 22.2 Å². The maximum Gasteiger partial charge on any atom is 0.341 e. The van der Waals surface area contributed by atoms with E-state index < -0.39 is 35.3 Å². The van der Waals surface area contributed by atoms with Crippen LogP contribution in [0.1, 0.15) is 54.3 Å². The molecular weight excluding hydrogens is 819 g/mol. The first-order chi connectivity index (χ1) is 29.4. The van der Waals surface area contributed by atoms with E-state index in [1.54, 1.807) is 41.6 Å². The number of aliphatic hydroxyl groups excluding tert-OH is 1.